The van der Waals surface area contributed by atoms with Gasteiger partial charge in [0.25, 0.3) is 0 Å². The highest BCUT2D eigenvalue weighted by Gasteiger charge is 2.17. The predicted octanol–water partition coefficient (Wildman–Crippen LogP) is 1.75. The van der Waals surface area contributed by atoms with Gasteiger partial charge >= 0.3 is 0 Å². The summed E-state index contributed by atoms with van der Waals surface area (Å²) < 4.78 is 0. The van der Waals surface area contributed by atoms with E-state index in [0.29, 0.717) is 0 Å². The minimum Gasteiger partial charge on any atom is -0.396 e. The van der Waals surface area contributed by atoms with Crippen LogP contribution in [-0.4, -0.2) is 23.2 Å². The number of hydrogen-bond donors (Lipinski definition) is 2. The summed E-state index contributed by atoms with van der Waals surface area (Å²) in [7, 11) is 0. The van der Waals surface area contributed by atoms with E-state index < -0.39 is 0 Å². The third-order valence-corrected chi connectivity index (χ3v) is 2.45. The molecule has 1 rings (SSSR count). The molecule has 15 heavy (non-hydrogen) atoms. The van der Waals surface area contributed by atoms with E-state index in [1.807, 2.05) is 32.0 Å². The maximum absolute atomic E-state index is 9.12. The van der Waals surface area contributed by atoms with Crippen molar-refractivity contribution in [3.05, 3.63) is 30.1 Å². The van der Waals surface area contributed by atoms with Crippen molar-refractivity contribution in [3.8, 4) is 0 Å². The third-order valence-electron chi connectivity index (χ3n) is 2.45. The molecule has 1 heterocycles. The molecule has 3 nitrogen and oxygen atoms in total. The minimum absolute atomic E-state index is 0.0803. The summed E-state index contributed by atoms with van der Waals surface area (Å²) in [6.45, 7) is 7.11. The van der Waals surface area contributed by atoms with Crippen molar-refractivity contribution in [3.63, 3.8) is 0 Å². The second-order valence-corrected chi connectivity index (χ2v) is 4.68. The molecule has 0 saturated heterocycles. The molecular weight excluding hydrogens is 188 g/mol. The first kappa shape index (κ1) is 12.1. The Labute approximate surface area is 91.5 Å². The van der Waals surface area contributed by atoms with Crippen LogP contribution < -0.4 is 5.32 Å². The van der Waals surface area contributed by atoms with Crippen molar-refractivity contribution in [1.82, 2.24) is 10.3 Å². The van der Waals surface area contributed by atoms with Gasteiger partial charge in [0, 0.05) is 30.8 Å². The number of rotatable bonds is 5. The first-order valence-electron chi connectivity index (χ1n) is 5.30. The van der Waals surface area contributed by atoms with Gasteiger partial charge in [-0.25, -0.2) is 0 Å². The molecule has 0 amide bonds. The van der Waals surface area contributed by atoms with Gasteiger partial charge in [0.05, 0.1) is 5.69 Å². The zero-order valence-electron chi connectivity index (χ0n) is 9.70. The van der Waals surface area contributed by atoms with Gasteiger partial charge in [-0.1, -0.05) is 19.9 Å². The van der Waals surface area contributed by atoms with E-state index in [1.165, 1.54) is 0 Å². The minimum atomic E-state index is -0.0803. The fourth-order valence-corrected chi connectivity index (χ4v) is 1.22. The van der Waals surface area contributed by atoms with Crippen molar-refractivity contribution in [2.45, 2.75) is 26.8 Å². The predicted molar refractivity (Wildman–Crippen MR) is 61.5 cm³/mol. The van der Waals surface area contributed by atoms with Crippen molar-refractivity contribution in [2.75, 3.05) is 13.2 Å². The van der Waals surface area contributed by atoms with Crippen LogP contribution in [0.1, 0.15) is 32.5 Å². The lowest BCUT2D eigenvalue weighted by Gasteiger charge is -2.24. The van der Waals surface area contributed by atoms with Crippen LogP contribution >= 0.6 is 0 Å². The highest BCUT2D eigenvalue weighted by Crippen LogP contribution is 2.15. The molecule has 2 N–H and O–H groups in total. The molecule has 84 valence electrons. The highest BCUT2D eigenvalue weighted by molar-refractivity contribution is 5.07. The lowest BCUT2D eigenvalue weighted by Crippen LogP contribution is -2.34. The van der Waals surface area contributed by atoms with E-state index in [-0.39, 0.29) is 18.1 Å². The Morgan fingerprint density at radius 1 is 1.47 bits per heavy atom. The summed E-state index contributed by atoms with van der Waals surface area (Å²) in [6, 6.07) is 6.12. The summed E-state index contributed by atoms with van der Waals surface area (Å²) in [5.74, 6) is 0. The molecule has 0 spiro atoms. The Hall–Kier alpha value is -0.930. The SMILES string of the molecule is CC(NCC(C)(C)CO)c1ccccn1. The normalized spacial score (nSPS) is 13.9. The number of pyridine rings is 1. The van der Waals surface area contributed by atoms with Crippen LogP contribution in [0.15, 0.2) is 24.4 Å². The van der Waals surface area contributed by atoms with Crippen LogP contribution in [0.4, 0.5) is 0 Å². The number of aromatic nitrogens is 1. The van der Waals surface area contributed by atoms with Gasteiger partial charge in [-0.05, 0) is 19.1 Å². The molecule has 0 aliphatic rings. The maximum Gasteiger partial charge on any atom is 0.0570 e. The Kier molecular flexibility index (Phi) is 4.24. The first-order valence-corrected chi connectivity index (χ1v) is 5.30. The van der Waals surface area contributed by atoms with Crippen LogP contribution in [0.2, 0.25) is 0 Å². The van der Waals surface area contributed by atoms with Gasteiger partial charge in [0.15, 0.2) is 0 Å². The van der Waals surface area contributed by atoms with Crippen molar-refractivity contribution in [2.24, 2.45) is 5.41 Å². The molecule has 0 saturated carbocycles. The van der Waals surface area contributed by atoms with Crippen LogP contribution in [0.3, 0.4) is 0 Å². The van der Waals surface area contributed by atoms with Crippen LogP contribution in [-0.2, 0) is 0 Å². The molecule has 0 aromatic carbocycles. The molecule has 1 atom stereocenters. The largest absolute Gasteiger partial charge is 0.396 e. The highest BCUT2D eigenvalue weighted by atomic mass is 16.3. The van der Waals surface area contributed by atoms with E-state index in [1.54, 1.807) is 6.20 Å². The van der Waals surface area contributed by atoms with Gasteiger partial charge < -0.3 is 10.4 Å². The molecule has 0 fully saturated rings. The van der Waals surface area contributed by atoms with E-state index in [2.05, 4.69) is 17.2 Å². The van der Waals surface area contributed by atoms with Gasteiger partial charge in [-0.3, -0.25) is 4.98 Å². The van der Waals surface area contributed by atoms with E-state index in [0.717, 1.165) is 12.2 Å². The van der Waals surface area contributed by atoms with Crippen molar-refractivity contribution in [1.29, 1.82) is 0 Å². The third kappa shape index (κ3) is 3.98. The standard InChI is InChI=1S/C12H20N2O/c1-10(11-6-4-5-7-13-11)14-8-12(2,3)9-15/h4-7,10,14-15H,8-9H2,1-3H3. The number of aliphatic hydroxyl groups is 1. The maximum atomic E-state index is 9.12. The van der Waals surface area contributed by atoms with Crippen molar-refractivity contribution < 1.29 is 5.11 Å². The average Bonchev–Trinajstić information content (AvgIpc) is 2.27. The van der Waals surface area contributed by atoms with Gasteiger partial charge in [0.1, 0.15) is 0 Å². The second kappa shape index (κ2) is 5.24. The molecular formula is C12H20N2O. The van der Waals surface area contributed by atoms with Crippen LogP contribution in [0.25, 0.3) is 0 Å². The summed E-state index contributed by atoms with van der Waals surface area (Å²) in [5.41, 5.74) is 0.953. The summed E-state index contributed by atoms with van der Waals surface area (Å²) in [4.78, 5) is 4.28. The van der Waals surface area contributed by atoms with Crippen LogP contribution in [0, 0.1) is 5.41 Å². The van der Waals surface area contributed by atoms with Gasteiger partial charge in [-0.15, -0.1) is 0 Å². The lowest BCUT2D eigenvalue weighted by atomic mass is 9.94. The lowest BCUT2D eigenvalue weighted by molar-refractivity contribution is 0.153. The summed E-state index contributed by atoms with van der Waals surface area (Å²) >= 11 is 0. The van der Waals surface area contributed by atoms with Crippen molar-refractivity contribution >= 4 is 0 Å². The number of hydrogen-bond acceptors (Lipinski definition) is 3. The number of nitrogens with zero attached hydrogens (tertiary/aromatic N) is 1. The Morgan fingerprint density at radius 3 is 2.73 bits per heavy atom. The number of aliphatic hydroxyl groups excluding tert-OH is 1. The van der Waals surface area contributed by atoms with E-state index in [9.17, 15) is 0 Å². The molecule has 1 aromatic heterocycles. The molecule has 3 heteroatoms. The molecule has 0 aliphatic carbocycles. The molecule has 1 unspecified atom stereocenters. The van der Waals surface area contributed by atoms with Crippen LogP contribution in [0.5, 0.6) is 0 Å². The summed E-state index contributed by atoms with van der Waals surface area (Å²) in [6.07, 6.45) is 1.80. The Balaban J connectivity index is 2.47. The Morgan fingerprint density at radius 2 is 2.20 bits per heavy atom. The average molecular weight is 208 g/mol. The van der Waals surface area contributed by atoms with E-state index >= 15 is 0 Å². The second-order valence-electron chi connectivity index (χ2n) is 4.68. The number of nitrogens with one attached hydrogen (secondary N) is 1. The van der Waals surface area contributed by atoms with Gasteiger partial charge in [-0.2, -0.15) is 0 Å². The Bertz CT molecular complexity index is 285. The topological polar surface area (TPSA) is 45.1 Å². The van der Waals surface area contributed by atoms with Gasteiger partial charge in [0.2, 0.25) is 0 Å². The summed E-state index contributed by atoms with van der Waals surface area (Å²) in [5, 5.41) is 12.5. The quantitative estimate of drug-likeness (QED) is 0.775. The molecule has 0 aliphatic heterocycles. The fourth-order valence-electron chi connectivity index (χ4n) is 1.22. The van der Waals surface area contributed by atoms with E-state index in [4.69, 9.17) is 5.11 Å². The fraction of sp³-hybridized carbons (Fsp3) is 0.583. The molecule has 0 radical (unpaired) electrons. The molecule has 0 bridgehead atoms. The smallest absolute Gasteiger partial charge is 0.0570 e. The zero-order valence-corrected chi connectivity index (χ0v) is 9.70. The first-order chi connectivity index (χ1) is 7.05. The monoisotopic (exact) mass is 208 g/mol. The zero-order chi connectivity index (χ0) is 11.3. The molecule has 1 aromatic rings.